The molecule has 0 unspecified atom stereocenters. The second-order valence-corrected chi connectivity index (χ2v) is 4.04. The molecule has 6 heteroatoms. The zero-order valence-corrected chi connectivity index (χ0v) is 9.84. The van der Waals surface area contributed by atoms with Gasteiger partial charge in [-0.05, 0) is 28.5 Å². The van der Waals surface area contributed by atoms with Crippen LogP contribution in [-0.4, -0.2) is 19.1 Å². The average Bonchev–Trinajstić information content (AvgIpc) is 2.71. The number of halogens is 2. The van der Waals surface area contributed by atoms with Gasteiger partial charge in [-0.25, -0.2) is 4.39 Å². The third-order valence-corrected chi connectivity index (χ3v) is 2.93. The summed E-state index contributed by atoms with van der Waals surface area (Å²) >= 11 is 3.04. The number of hydrogen-bond donors (Lipinski definition) is 1. The Morgan fingerprint density at radius 1 is 1.56 bits per heavy atom. The Hall–Kier alpha value is -1.14. The lowest BCUT2D eigenvalue weighted by atomic mass is 10.1. The SMILES string of the molecule is NCCC(=O)c1cc2c(c(Br)c1F)OCO2. The average molecular weight is 290 g/mol. The Bertz CT molecular complexity index is 450. The molecule has 1 aliphatic rings. The first-order valence-electron chi connectivity index (χ1n) is 4.66. The van der Waals surface area contributed by atoms with Gasteiger partial charge in [0.15, 0.2) is 23.1 Å². The second kappa shape index (κ2) is 4.39. The van der Waals surface area contributed by atoms with Crippen LogP contribution in [0.5, 0.6) is 11.5 Å². The van der Waals surface area contributed by atoms with Crippen molar-refractivity contribution in [3.8, 4) is 11.5 Å². The molecule has 1 aromatic carbocycles. The highest BCUT2D eigenvalue weighted by molar-refractivity contribution is 9.10. The minimum atomic E-state index is -0.636. The molecule has 16 heavy (non-hydrogen) atoms. The Balaban J connectivity index is 2.47. The van der Waals surface area contributed by atoms with Gasteiger partial charge < -0.3 is 15.2 Å². The van der Waals surface area contributed by atoms with Crippen molar-refractivity contribution < 1.29 is 18.7 Å². The highest BCUT2D eigenvalue weighted by Crippen LogP contribution is 2.42. The van der Waals surface area contributed by atoms with Crippen LogP contribution in [0.2, 0.25) is 0 Å². The summed E-state index contributed by atoms with van der Waals surface area (Å²) in [5.41, 5.74) is 5.23. The molecule has 0 radical (unpaired) electrons. The van der Waals surface area contributed by atoms with E-state index in [1.807, 2.05) is 0 Å². The first kappa shape index (κ1) is 11.3. The first-order chi connectivity index (χ1) is 7.65. The molecule has 1 aliphatic heterocycles. The van der Waals surface area contributed by atoms with E-state index in [1.165, 1.54) is 6.07 Å². The van der Waals surface area contributed by atoms with E-state index in [-0.39, 0.29) is 35.6 Å². The zero-order chi connectivity index (χ0) is 11.7. The molecule has 2 N–H and O–H groups in total. The molecule has 1 aromatic rings. The predicted octanol–water partition coefficient (Wildman–Crippen LogP) is 1.85. The fourth-order valence-electron chi connectivity index (χ4n) is 1.45. The fourth-order valence-corrected chi connectivity index (χ4v) is 1.97. The molecule has 0 saturated heterocycles. The lowest BCUT2D eigenvalue weighted by molar-refractivity contribution is 0.0981. The van der Waals surface area contributed by atoms with Crippen LogP contribution >= 0.6 is 15.9 Å². The van der Waals surface area contributed by atoms with Gasteiger partial charge in [-0.15, -0.1) is 0 Å². The van der Waals surface area contributed by atoms with Crippen molar-refractivity contribution in [2.75, 3.05) is 13.3 Å². The van der Waals surface area contributed by atoms with Crippen molar-refractivity contribution in [3.05, 3.63) is 21.9 Å². The molecule has 2 rings (SSSR count). The summed E-state index contributed by atoms with van der Waals surface area (Å²) in [6.45, 7) is 0.215. The van der Waals surface area contributed by atoms with Gasteiger partial charge in [0.05, 0.1) is 5.56 Å². The van der Waals surface area contributed by atoms with Crippen molar-refractivity contribution >= 4 is 21.7 Å². The summed E-state index contributed by atoms with van der Waals surface area (Å²) < 4.78 is 24.1. The van der Waals surface area contributed by atoms with E-state index < -0.39 is 5.82 Å². The van der Waals surface area contributed by atoms with Gasteiger partial charge in [-0.1, -0.05) is 0 Å². The van der Waals surface area contributed by atoms with Crippen molar-refractivity contribution in [1.29, 1.82) is 0 Å². The van der Waals surface area contributed by atoms with Gasteiger partial charge in [0.25, 0.3) is 0 Å². The lowest BCUT2D eigenvalue weighted by Crippen LogP contribution is -2.10. The quantitative estimate of drug-likeness (QED) is 0.863. The molecule has 86 valence electrons. The molecule has 0 amide bonds. The highest BCUT2D eigenvalue weighted by Gasteiger charge is 2.25. The second-order valence-electron chi connectivity index (χ2n) is 3.25. The van der Waals surface area contributed by atoms with Gasteiger partial charge in [0, 0.05) is 6.42 Å². The molecule has 0 aliphatic carbocycles. The van der Waals surface area contributed by atoms with Gasteiger partial charge in [-0.3, -0.25) is 4.79 Å². The molecule has 0 aromatic heterocycles. The van der Waals surface area contributed by atoms with E-state index in [2.05, 4.69) is 15.9 Å². The van der Waals surface area contributed by atoms with Crippen LogP contribution in [0.1, 0.15) is 16.8 Å². The summed E-state index contributed by atoms with van der Waals surface area (Å²) in [6.07, 6.45) is 0.100. The van der Waals surface area contributed by atoms with E-state index in [1.54, 1.807) is 0 Å². The van der Waals surface area contributed by atoms with E-state index in [0.717, 1.165) is 0 Å². The Morgan fingerprint density at radius 3 is 3.00 bits per heavy atom. The Kier molecular flexibility index (Phi) is 3.11. The summed E-state index contributed by atoms with van der Waals surface area (Å²) in [7, 11) is 0. The molecular formula is C10H9BrFNO3. The number of nitrogens with two attached hydrogens (primary N) is 1. The lowest BCUT2D eigenvalue weighted by Gasteiger charge is -2.06. The molecule has 0 fully saturated rings. The van der Waals surface area contributed by atoms with Crippen LogP contribution < -0.4 is 15.2 Å². The third kappa shape index (κ3) is 1.78. The van der Waals surface area contributed by atoms with Crippen molar-refractivity contribution in [1.82, 2.24) is 0 Å². The number of ketones is 1. The highest BCUT2D eigenvalue weighted by atomic mass is 79.9. The topological polar surface area (TPSA) is 61.6 Å². The summed E-state index contributed by atoms with van der Waals surface area (Å²) in [5, 5.41) is 0. The number of rotatable bonds is 3. The standard InChI is InChI=1S/C10H9BrFNO3/c11-8-9(12)5(6(14)1-2-13)3-7-10(8)16-4-15-7/h3H,1-2,4,13H2. The number of hydrogen-bond acceptors (Lipinski definition) is 4. The number of ether oxygens (including phenoxy) is 2. The molecule has 0 bridgehead atoms. The normalized spacial score (nSPS) is 12.9. The van der Waals surface area contributed by atoms with Crippen molar-refractivity contribution in [2.45, 2.75) is 6.42 Å². The van der Waals surface area contributed by atoms with Gasteiger partial charge >= 0.3 is 0 Å². The minimum absolute atomic E-state index is 0.0263. The van der Waals surface area contributed by atoms with E-state index in [9.17, 15) is 9.18 Å². The maximum Gasteiger partial charge on any atom is 0.231 e. The Morgan fingerprint density at radius 2 is 2.31 bits per heavy atom. The number of carbonyl (C=O) groups excluding carboxylic acids is 1. The van der Waals surface area contributed by atoms with Crippen LogP contribution in [0, 0.1) is 5.82 Å². The van der Waals surface area contributed by atoms with Crippen LogP contribution in [0.4, 0.5) is 4.39 Å². The van der Waals surface area contributed by atoms with E-state index >= 15 is 0 Å². The van der Waals surface area contributed by atoms with Crippen LogP contribution in [0.25, 0.3) is 0 Å². The number of Topliss-reactive ketones (excluding diaryl/α,β-unsaturated/α-hetero) is 1. The maximum atomic E-state index is 13.8. The molecule has 1 heterocycles. The van der Waals surface area contributed by atoms with E-state index in [4.69, 9.17) is 15.2 Å². The summed E-state index contributed by atoms with van der Waals surface area (Å²) in [5.74, 6) is -0.322. The molecule has 4 nitrogen and oxygen atoms in total. The number of fused-ring (bicyclic) bond motifs is 1. The van der Waals surface area contributed by atoms with Crippen LogP contribution in [-0.2, 0) is 0 Å². The number of benzene rings is 1. The van der Waals surface area contributed by atoms with Crippen LogP contribution in [0.15, 0.2) is 10.5 Å². The molecule has 0 atom stereocenters. The fraction of sp³-hybridized carbons (Fsp3) is 0.300. The monoisotopic (exact) mass is 289 g/mol. The predicted molar refractivity (Wildman–Crippen MR) is 58.2 cm³/mol. The zero-order valence-electron chi connectivity index (χ0n) is 8.26. The van der Waals surface area contributed by atoms with Gasteiger partial charge in [0.1, 0.15) is 4.47 Å². The molecule has 0 spiro atoms. The van der Waals surface area contributed by atoms with Gasteiger partial charge in [-0.2, -0.15) is 0 Å². The summed E-state index contributed by atoms with van der Waals surface area (Å²) in [4.78, 5) is 11.6. The molecule has 0 saturated carbocycles. The van der Waals surface area contributed by atoms with Gasteiger partial charge in [0.2, 0.25) is 6.79 Å². The van der Waals surface area contributed by atoms with E-state index in [0.29, 0.717) is 11.5 Å². The number of carbonyl (C=O) groups is 1. The van der Waals surface area contributed by atoms with Crippen molar-refractivity contribution in [2.24, 2.45) is 5.73 Å². The minimum Gasteiger partial charge on any atom is -0.454 e. The first-order valence-corrected chi connectivity index (χ1v) is 5.45. The molecular weight excluding hydrogens is 281 g/mol. The largest absolute Gasteiger partial charge is 0.454 e. The van der Waals surface area contributed by atoms with Crippen LogP contribution in [0.3, 0.4) is 0 Å². The maximum absolute atomic E-state index is 13.8. The Labute approximate surface area is 99.6 Å². The third-order valence-electron chi connectivity index (χ3n) is 2.22. The smallest absolute Gasteiger partial charge is 0.231 e. The van der Waals surface area contributed by atoms with Crippen molar-refractivity contribution in [3.63, 3.8) is 0 Å². The summed E-state index contributed by atoms with van der Waals surface area (Å²) in [6, 6.07) is 1.35.